The fraction of sp³-hybridized carbons (Fsp3) is 0.0385. The van der Waals surface area contributed by atoms with Gasteiger partial charge in [-0.25, -0.2) is 27.3 Å². The second-order valence-corrected chi connectivity index (χ2v) is 9.68. The van der Waals surface area contributed by atoms with E-state index in [4.69, 9.17) is 10.5 Å². The Kier molecular flexibility index (Phi) is 6.06. The van der Waals surface area contributed by atoms with Crippen molar-refractivity contribution < 1.29 is 17.5 Å². The minimum absolute atomic E-state index is 0.0411. The number of anilines is 2. The SMILES string of the molecule is COc1ncc(-c2ccc3nc(N)n(-c4ccccc4)c(=O)c3c2)cc1S(=O)(=O)Nc1cccc(F)c1. The molecule has 2 heterocycles. The molecular formula is C26H20FN5O4S. The number of ether oxygens (including phenoxy) is 1. The molecule has 5 aromatic rings. The molecule has 0 atom stereocenters. The molecule has 0 aliphatic rings. The van der Waals surface area contributed by atoms with E-state index in [1.165, 1.54) is 42.1 Å². The summed E-state index contributed by atoms with van der Waals surface area (Å²) >= 11 is 0. The number of nitrogens with one attached hydrogen (secondary N) is 1. The molecule has 0 aliphatic carbocycles. The molecule has 9 nitrogen and oxygen atoms in total. The Morgan fingerprint density at radius 3 is 2.49 bits per heavy atom. The van der Waals surface area contributed by atoms with Gasteiger partial charge in [-0.2, -0.15) is 0 Å². The van der Waals surface area contributed by atoms with Gasteiger partial charge < -0.3 is 10.5 Å². The molecule has 0 bridgehead atoms. The quantitative estimate of drug-likeness (QED) is 0.349. The fourth-order valence-corrected chi connectivity index (χ4v) is 5.10. The van der Waals surface area contributed by atoms with Crippen LogP contribution in [0.1, 0.15) is 0 Å². The molecular weight excluding hydrogens is 497 g/mol. The van der Waals surface area contributed by atoms with E-state index in [-0.39, 0.29) is 33.4 Å². The third kappa shape index (κ3) is 4.59. The first-order valence-corrected chi connectivity index (χ1v) is 12.5. The number of halogens is 1. The largest absolute Gasteiger partial charge is 0.480 e. The smallest absolute Gasteiger partial charge is 0.267 e. The number of sulfonamides is 1. The number of rotatable bonds is 6. The first-order valence-electron chi connectivity index (χ1n) is 11.0. The van der Waals surface area contributed by atoms with Crippen molar-refractivity contribution in [3.05, 3.63) is 101 Å². The summed E-state index contributed by atoms with van der Waals surface area (Å²) in [5.74, 6) is -0.695. The molecule has 0 spiro atoms. The summed E-state index contributed by atoms with van der Waals surface area (Å²) in [6.07, 6.45) is 1.43. The summed E-state index contributed by atoms with van der Waals surface area (Å²) < 4.78 is 48.7. The van der Waals surface area contributed by atoms with Crippen LogP contribution < -0.4 is 20.8 Å². The van der Waals surface area contributed by atoms with Crippen LogP contribution >= 0.6 is 0 Å². The maximum Gasteiger partial charge on any atom is 0.267 e. The molecule has 0 fully saturated rings. The topological polar surface area (TPSA) is 129 Å². The number of hydrogen-bond acceptors (Lipinski definition) is 7. The van der Waals surface area contributed by atoms with E-state index in [1.54, 1.807) is 42.5 Å². The van der Waals surface area contributed by atoms with E-state index in [0.717, 1.165) is 6.07 Å². The van der Waals surface area contributed by atoms with Crippen LogP contribution in [0, 0.1) is 5.82 Å². The Morgan fingerprint density at radius 2 is 1.76 bits per heavy atom. The number of nitrogen functional groups attached to an aromatic ring is 1. The molecule has 37 heavy (non-hydrogen) atoms. The van der Waals surface area contributed by atoms with Crippen molar-refractivity contribution in [1.29, 1.82) is 0 Å². The van der Waals surface area contributed by atoms with Crippen LogP contribution in [0.2, 0.25) is 0 Å². The van der Waals surface area contributed by atoms with Crippen LogP contribution in [0.25, 0.3) is 27.7 Å². The van der Waals surface area contributed by atoms with E-state index < -0.39 is 15.8 Å². The number of para-hydroxylation sites is 1. The van der Waals surface area contributed by atoms with Gasteiger partial charge in [0.2, 0.25) is 11.8 Å². The lowest BCUT2D eigenvalue weighted by Crippen LogP contribution is -2.23. The van der Waals surface area contributed by atoms with Crippen LogP contribution in [-0.2, 0) is 10.0 Å². The summed E-state index contributed by atoms with van der Waals surface area (Å²) in [4.78, 5) is 21.6. The van der Waals surface area contributed by atoms with Gasteiger partial charge in [0.25, 0.3) is 15.6 Å². The maximum absolute atomic E-state index is 13.6. The van der Waals surface area contributed by atoms with Gasteiger partial charge >= 0.3 is 0 Å². The van der Waals surface area contributed by atoms with Crippen LogP contribution in [0.3, 0.4) is 0 Å². The van der Waals surface area contributed by atoms with E-state index in [9.17, 15) is 17.6 Å². The molecule has 186 valence electrons. The number of pyridine rings is 1. The predicted molar refractivity (Wildman–Crippen MR) is 139 cm³/mol. The second kappa shape index (κ2) is 9.36. The normalized spacial score (nSPS) is 11.4. The Labute approximate surface area is 211 Å². The Bertz CT molecular complexity index is 1810. The number of fused-ring (bicyclic) bond motifs is 1. The van der Waals surface area contributed by atoms with Gasteiger partial charge in [0, 0.05) is 11.8 Å². The fourth-order valence-electron chi connectivity index (χ4n) is 3.91. The average molecular weight is 518 g/mol. The van der Waals surface area contributed by atoms with Crippen molar-refractivity contribution in [3.63, 3.8) is 0 Å². The summed E-state index contributed by atoms with van der Waals surface area (Å²) in [5, 5.41) is 0.286. The molecule has 0 saturated heterocycles. The van der Waals surface area contributed by atoms with Crippen LogP contribution in [0.15, 0.2) is 94.7 Å². The Morgan fingerprint density at radius 1 is 0.973 bits per heavy atom. The van der Waals surface area contributed by atoms with Gasteiger partial charge in [-0.05, 0) is 54.1 Å². The highest BCUT2D eigenvalue weighted by atomic mass is 32.2. The molecule has 0 unspecified atom stereocenters. The highest BCUT2D eigenvalue weighted by molar-refractivity contribution is 7.92. The van der Waals surface area contributed by atoms with Crippen LogP contribution in [-0.4, -0.2) is 30.1 Å². The third-order valence-corrected chi connectivity index (χ3v) is 7.00. The maximum atomic E-state index is 13.6. The molecule has 0 aliphatic heterocycles. The summed E-state index contributed by atoms with van der Waals surface area (Å²) in [5.41, 5.74) is 7.62. The first-order chi connectivity index (χ1) is 17.8. The lowest BCUT2D eigenvalue weighted by molar-refractivity contribution is 0.385. The van der Waals surface area contributed by atoms with E-state index in [1.807, 2.05) is 6.07 Å². The molecule has 11 heteroatoms. The van der Waals surface area contributed by atoms with Crippen molar-refractivity contribution >= 4 is 32.6 Å². The van der Waals surface area contributed by atoms with Crippen molar-refractivity contribution in [1.82, 2.24) is 14.5 Å². The van der Waals surface area contributed by atoms with E-state index in [0.29, 0.717) is 22.3 Å². The van der Waals surface area contributed by atoms with Gasteiger partial charge in [0.05, 0.1) is 29.4 Å². The number of benzene rings is 3. The number of hydrogen-bond donors (Lipinski definition) is 2. The van der Waals surface area contributed by atoms with Crippen LogP contribution in [0.4, 0.5) is 16.0 Å². The highest BCUT2D eigenvalue weighted by Crippen LogP contribution is 2.30. The van der Waals surface area contributed by atoms with Crippen LogP contribution in [0.5, 0.6) is 5.88 Å². The van der Waals surface area contributed by atoms with E-state index >= 15 is 0 Å². The Hall–Kier alpha value is -4.77. The molecule has 3 N–H and O–H groups in total. The molecule has 5 rings (SSSR count). The molecule has 2 aromatic heterocycles. The number of nitrogens with two attached hydrogens (primary N) is 1. The van der Waals surface area contributed by atoms with Gasteiger partial charge in [-0.3, -0.25) is 9.52 Å². The van der Waals surface area contributed by atoms with Gasteiger partial charge in [0.15, 0.2) is 0 Å². The minimum Gasteiger partial charge on any atom is -0.480 e. The zero-order valence-corrected chi connectivity index (χ0v) is 20.2. The number of methoxy groups -OCH3 is 1. The number of aromatic nitrogens is 3. The van der Waals surface area contributed by atoms with Crippen molar-refractivity contribution in [3.8, 4) is 22.7 Å². The molecule has 0 radical (unpaired) electrons. The third-order valence-electron chi connectivity index (χ3n) is 5.62. The predicted octanol–water partition coefficient (Wildman–Crippen LogP) is 3.98. The minimum atomic E-state index is -4.20. The van der Waals surface area contributed by atoms with Gasteiger partial charge in [-0.1, -0.05) is 30.3 Å². The highest BCUT2D eigenvalue weighted by Gasteiger charge is 2.23. The van der Waals surface area contributed by atoms with E-state index in [2.05, 4.69) is 14.7 Å². The van der Waals surface area contributed by atoms with Gasteiger partial charge in [-0.15, -0.1) is 0 Å². The molecule has 3 aromatic carbocycles. The van der Waals surface area contributed by atoms with Crippen molar-refractivity contribution in [2.24, 2.45) is 0 Å². The van der Waals surface area contributed by atoms with Crippen molar-refractivity contribution in [2.75, 3.05) is 17.6 Å². The van der Waals surface area contributed by atoms with Crippen molar-refractivity contribution in [2.45, 2.75) is 4.90 Å². The second-order valence-electron chi connectivity index (χ2n) is 8.03. The Balaban J connectivity index is 1.62. The summed E-state index contributed by atoms with van der Waals surface area (Å²) in [7, 11) is -2.91. The lowest BCUT2D eigenvalue weighted by Gasteiger charge is -2.13. The monoisotopic (exact) mass is 517 g/mol. The summed E-state index contributed by atoms with van der Waals surface area (Å²) in [6.45, 7) is 0. The lowest BCUT2D eigenvalue weighted by atomic mass is 10.1. The molecule has 0 amide bonds. The zero-order chi connectivity index (χ0) is 26.2. The van der Waals surface area contributed by atoms with Gasteiger partial charge in [0.1, 0.15) is 10.7 Å². The number of nitrogens with zero attached hydrogens (tertiary/aromatic N) is 3. The molecule has 0 saturated carbocycles. The average Bonchev–Trinajstić information content (AvgIpc) is 2.88. The zero-order valence-electron chi connectivity index (χ0n) is 19.4. The summed E-state index contributed by atoms with van der Waals surface area (Å²) in [6, 6.07) is 20.2. The standard InChI is InChI=1S/C26H20FN5O4S/c1-36-24-23(37(34,35)31-19-7-5-6-18(27)14-19)13-17(15-29-24)16-10-11-22-21(12-16)25(33)32(26(28)30-22)20-8-3-2-4-9-20/h2-15,31H,1H3,(H2,28,30). The first kappa shape index (κ1) is 23.9.